The molecule has 2 amide bonds. The van der Waals surface area contributed by atoms with Gasteiger partial charge in [-0.2, -0.15) is 5.10 Å². The van der Waals surface area contributed by atoms with Gasteiger partial charge in [0.25, 0.3) is 0 Å². The number of aromatic nitrogens is 1. The predicted octanol–water partition coefficient (Wildman–Crippen LogP) is 1.51. The van der Waals surface area contributed by atoms with Crippen LogP contribution in [0.15, 0.2) is 29.6 Å². The zero-order valence-corrected chi connectivity index (χ0v) is 14.8. The van der Waals surface area contributed by atoms with Crippen molar-refractivity contribution in [3.8, 4) is 0 Å². The topological polar surface area (TPSA) is 110 Å². The summed E-state index contributed by atoms with van der Waals surface area (Å²) in [6, 6.07) is 3.47. The highest BCUT2D eigenvalue weighted by Gasteiger charge is 2.29. The van der Waals surface area contributed by atoms with Gasteiger partial charge in [-0.25, -0.2) is 10.2 Å². The van der Waals surface area contributed by atoms with Crippen molar-refractivity contribution in [1.29, 1.82) is 0 Å². The molecule has 1 aliphatic rings. The summed E-state index contributed by atoms with van der Waals surface area (Å²) in [6.07, 6.45) is 7.11. The van der Waals surface area contributed by atoms with Gasteiger partial charge in [0.2, 0.25) is 0 Å². The maximum Gasteiger partial charge on any atom is 0.341 e. The van der Waals surface area contributed by atoms with E-state index < -0.39 is 17.8 Å². The van der Waals surface area contributed by atoms with Crippen LogP contribution in [0.25, 0.3) is 0 Å². The van der Waals surface area contributed by atoms with Crippen LogP contribution in [0.2, 0.25) is 0 Å². The number of aryl methyl sites for hydroxylation is 1. The Bertz CT molecular complexity index is 876. The molecule has 2 aromatic rings. The molecule has 2 heterocycles. The third kappa shape index (κ3) is 3.77. The van der Waals surface area contributed by atoms with E-state index in [4.69, 9.17) is 4.74 Å². The van der Waals surface area contributed by atoms with E-state index in [0.29, 0.717) is 16.1 Å². The zero-order chi connectivity index (χ0) is 18.5. The van der Waals surface area contributed by atoms with E-state index in [1.54, 1.807) is 24.5 Å². The molecule has 134 valence electrons. The number of carbonyl (C=O) groups is 3. The Hall–Kier alpha value is -3.07. The number of anilines is 1. The first kappa shape index (κ1) is 17.7. The summed E-state index contributed by atoms with van der Waals surface area (Å²) >= 11 is 1.30. The number of hydrazone groups is 1. The van der Waals surface area contributed by atoms with Crippen molar-refractivity contribution in [2.24, 2.45) is 5.10 Å². The van der Waals surface area contributed by atoms with Gasteiger partial charge in [-0.15, -0.1) is 11.3 Å². The lowest BCUT2D eigenvalue weighted by Gasteiger charge is -2.06. The van der Waals surface area contributed by atoms with Gasteiger partial charge in [0, 0.05) is 22.8 Å². The van der Waals surface area contributed by atoms with Crippen LogP contribution >= 0.6 is 11.3 Å². The molecular formula is C17H16N4O4S. The van der Waals surface area contributed by atoms with Gasteiger partial charge in [-0.3, -0.25) is 14.6 Å². The van der Waals surface area contributed by atoms with Crippen LogP contribution in [-0.4, -0.2) is 36.1 Å². The molecule has 9 heteroatoms. The Morgan fingerprint density at radius 3 is 2.88 bits per heavy atom. The SMILES string of the molecule is COC(=O)c1c(NC(=O)C(=O)N/N=C/c2cccnc2)sc2c1CCC2. The summed E-state index contributed by atoms with van der Waals surface area (Å²) < 4.78 is 4.80. The lowest BCUT2D eigenvalue weighted by atomic mass is 10.1. The molecule has 0 bridgehead atoms. The standard InChI is InChI=1S/C17H16N4O4S/c1-25-17(24)13-11-5-2-6-12(11)26-16(13)20-14(22)15(23)21-19-9-10-4-3-7-18-8-10/h3-4,7-9H,2,5-6H2,1H3,(H,20,22)(H,21,23)/b19-9+. The first-order chi connectivity index (χ1) is 12.6. The van der Waals surface area contributed by atoms with E-state index in [-0.39, 0.29) is 0 Å². The van der Waals surface area contributed by atoms with Crippen LogP contribution in [0, 0.1) is 0 Å². The molecule has 0 spiro atoms. The molecule has 0 saturated carbocycles. The number of nitrogens with zero attached hydrogens (tertiary/aromatic N) is 2. The lowest BCUT2D eigenvalue weighted by Crippen LogP contribution is -2.32. The third-order valence-corrected chi connectivity index (χ3v) is 5.02. The van der Waals surface area contributed by atoms with Gasteiger partial charge in [-0.05, 0) is 30.9 Å². The molecule has 0 aromatic carbocycles. The van der Waals surface area contributed by atoms with E-state index in [0.717, 1.165) is 29.7 Å². The quantitative estimate of drug-likeness (QED) is 0.366. The van der Waals surface area contributed by atoms with Crippen molar-refractivity contribution >= 4 is 40.3 Å². The van der Waals surface area contributed by atoms with Crippen molar-refractivity contribution < 1.29 is 19.1 Å². The van der Waals surface area contributed by atoms with Gasteiger partial charge in [0.05, 0.1) is 18.9 Å². The number of hydrogen-bond acceptors (Lipinski definition) is 7. The van der Waals surface area contributed by atoms with Crippen molar-refractivity contribution in [1.82, 2.24) is 10.4 Å². The summed E-state index contributed by atoms with van der Waals surface area (Å²) in [7, 11) is 1.28. The lowest BCUT2D eigenvalue weighted by molar-refractivity contribution is -0.136. The van der Waals surface area contributed by atoms with Crippen LogP contribution in [-0.2, 0) is 27.2 Å². The van der Waals surface area contributed by atoms with E-state index in [1.165, 1.54) is 24.7 Å². The minimum absolute atomic E-state index is 0.331. The number of ether oxygens (including phenoxy) is 1. The summed E-state index contributed by atoms with van der Waals surface area (Å²) in [4.78, 5) is 41.0. The third-order valence-electron chi connectivity index (χ3n) is 3.81. The van der Waals surface area contributed by atoms with Gasteiger partial charge < -0.3 is 10.1 Å². The monoisotopic (exact) mass is 372 g/mol. The largest absolute Gasteiger partial charge is 0.465 e. The number of rotatable bonds is 4. The number of amides is 2. The molecule has 0 unspecified atom stereocenters. The molecule has 0 saturated heterocycles. The van der Waals surface area contributed by atoms with Crippen molar-refractivity contribution in [3.63, 3.8) is 0 Å². The molecule has 2 N–H and O–H groups in total. The Morgan fingerprint density at radius 2 is 2.15 bits per heavy atom. The molecule has 26 heavy (non-hydrogen) atoms. The molecule has 1 aliphatic carbocycles. The molecule has 0 aliphatic heterocycles. The zero-order valence-electron chi connectivity index (χ0n) is 13.9. The van der Waals surface area contributed by atoms with Crippen molar-refractivity contribution in [2.75, 3.05) is 12.4 Å². The summed E-state index contributed by atoms with van der Waals surface area (Å²) in [5.74, 6) is -2.36. The molecular weight excluding hydrogens is 356 g/mol. The van der Waals surface area contributed by atoms with Crippen molar-refractivity contribution in [3.05, 3.63) is 46.1 Å². The summed E-state index contributed by atoms with van der Waals surface area (Å²) in [6.45, 7) is 0. The molecule has 3 rings (SSSR count). The van der Waals surface area contributed by atoms with Crippen LogP contribution < -0.4 is 10.7 Å². The number of pyridine rings is 1. The first-order valence-electron chi connectivity index (χ1n) is 7.87. The highest BCUT2D eigenvalue weighted by atomic mass is 32.1. The Morgan fingerprint density at radius 1 is 1.31 bits per heavy atom. The van der Waals surface area contributed by atoms with Crippen LogP contribution in [0.3, 0.4) is 0 Å². The molecule has 8 nitrogen and oxygen atoms in total. The summed E-state index contributed by atoms with van der Waals surface area (Å²) in [5.41, 5.74) is 4.05. The minimum atomic E-state index is -0.936. The van der Waals surface area contributed by atoms with Gasteiger partial charge >= 0.3 is 17.8 Å². The minimum Gasteiger partial charge on any atom is -0.465 e. The van der Waals surface area contributed by atoms with Gasteiger partial charge in [-0.1, -0.05) is 6.07 Å². The smallest absolute Gasteiger partial charge is 0.341 e. The fourth-order valence-electron chi connectivity index (χ4n) is 2.64. The number of hydrogen-bond donors (Lipinski definition) is 2. The maximum absolute atomic E-state index is 12.1. The Balaban J connectivity index is 1.67. The Kier molecular flexibility index (Phi) is 5.37. The molecule has 0 fully saturated rings. The van der Waals surface area contributed by atoms with Crippen LogP contribution in [0.1, 0.15) is 32.8 Å². The van der Waals surface area contributed by atoms with Crippen molar-refractivity contribution in [2.45, 2.75) is 19.3 Å². The summed E-state index contributed by atoms with van der Waals surface area (Å²) in [5, 5.41) is 6.53. The number of thiophene rings is 1. The Labute approximate surface area is 153 Å². The highest BCUT2D eigenvalue weighted by Crippen LogP contribution is 2.39. The number of esters is 1. The van der Waals surface area contributed by atoms with Crippen LogP contribution in [0.4, 0.5) is 5.00 Å². The van der Waals surface area contributed by atoms with Gasteiger partial charge in [0.15, 0.2) is 0 Å². The molecule has 0 atom stereocenters. The van der Waals surface area contributed by atoms with E-state index in [9.17, 15) is 14.4 Å². The molecule has 0 radical (unpaired) electrons. The fourth-order valence-corrected chi connectivity index (χ4v) is 3.91. The highest BCUT2D eigenvalue weighted by molar-refractivity contribution is 7.17. The molecule has 2 aromatic heterocycles. The average Bonchev–Trinajstić information content (AvgIpc) is 3.22. The second-order valence-corrected chi connectivity index (χ2v) is 6.60. The average molecular weight is 372 g/mol. The van der Waals surface area contributed by atoms with E-state index in [1.807, 2.05) is 0 Å². The second-order valence-electron chi connectivity index (χ2n) is 5.49. The maximum atomic E-state index is 12.1. The number of carbonyl (C=O) groups excluding carboxylic acids is 3. The fraction of sp³-hybridized carbons (Fsp3) is 0.235. The number of methoxy groups -OCH3 is 1. The van der Waals surface area contributed by atoms with Crippen LogP contribution in [0.5, 0.6) is 0 Å². The predicted molar refractivity (Wildman–Crippen MR) is 96.3 cm³/mol. The second kappa shape index (κ2) is 7.87. The number of nitrogens with one attached hydrogen (secondary N) is 2. The normalized spacial score (nSPS) is 12.7. The van der Waals surface area contributed by atoms with E-state index >= 15 is 0 Å². The number of fused-ring (bicyclic) bond motifs is 1. The van der Waals surface area contributed by atoms with Gasteiger partial charge in [0.1, 0.15) is 5.00 Å². The van der Waals surface area contributed by atoms with E-state index in [2.05, 4.69) is 20.8 Å². The first-order valence-corrected chi connectivity index (χ1v) is 8.69.